The van der Waals surface area contributed by atoms with E-state index in [1.807, 2.05) is 6.07 Å². The first-order chi connectivity index (χ1) is 9.11. The van der Waals surface area contributed by atoms with E-state index in [1.165, 1.54) is 30.4 Å². The molecule has 19 heavy (non-hydrogen) atoms. The van der Waals surface area contributed by atoms with Crippen LogP contribution in [0.15, 0.2) is 12.1 Å². The van der Waals surface area contributed by atoms with E-state index in [9.17, 15) is 0 Å². The van der Waals surface area contributed by atoms with Crippen LogP contribution in [0.4, 0.5) is 0 Å². The molecule has 1 heterocycles. The Hall–Kier alpha value is -0.730. The predicted octanol–water partition coefficient (Wildman–Crippen LogP) is 4.16. The molecule has 0 bridgehead atoms. The summed E-state index contributed by atoms with van der Waals surface area (Å²) in [6.45, 7) is 5.48. The summed E-state index contributed by atoms with van der Waals surface area (Å²) in [5.74, 6) is 1.44. The van der Waals surface area contributed by atoms with Crippen LogP contribution < -0.4 is 10.1 Å². The molecule has 1 unspecified atom stereocenters. The molecule has 0 radical (unpaired) electrons. The summed E-state index contributed by atoms with van der Waals surface area (Å²) in [6.07, 6.45) is 4.86. The van der Waals surface area contributed by atoms with Crippen LogP contribution in [0.2, 0.25) is 5.02 Å². The minimum Gasteiger partial charge on any atom is -0.496 e. The third-order valence-corrected chi connectivity index (χ3v) is 4.08. The van der Waals surface area contributed by atoms with Crippen LogP contribution in [0.5, 0.6) is 5.75 Å². The van der Waals surface area contributed by atoms with Gasteiger partial charge in [0.1, 0.15) is 5.75 Å². The van der Waals surface area contributed by atoms with Crippen molar-refractivity contribution in [3.63, 3.8) is 0 Å². The summed E-state index contributed by atoms with van der Waals surface area (Å²) in [6, 6.07) is 4.65. The van der Waals surface area contributed by atoms with Crippen molar-refractivity contribution in [3.8, 4) is 5.75 Å². The third kappa shape index (κ3) is 3.64. The SMILES string of the molecule is COc1c(CC2CCCCN2)cc(Cl)cc1C(C)C. The summed E-state index contributed by atoms with van der Waals surface area (Å²) in [4.78, 5) is 0. The standard InChI is InChI=1S/C16H24ClNO/c1-11(2)15-10-13(17)8-12(16(15)19-3)9-14-6-4-5-7-18-14/h8,10-11,14,18H,4-7,9H2,1-3H3. The average Bonchev–Trinajstić information content (AvgIpc) is 2.39. The zero-order chi connectivity index (χ0) is 13.8. The fourth-order valence-electron chi connectivity index (χ4n) is 2.87. The lowest BCUT2D eigenvalue weighted by Gasteiger charge is -2.25. The second kappa shape index (κ2) is 6.62. The van der Waals surface area contributed by atoms with Gasteiger partial charge in [0.25, 0.3) is 0 Å². The first-order valence-electron chi connectivity index (χ1n) is 7.21. The number of rotatable bonds is 4. The number of benzene rings is 1. The smallest absolute Gasteiger partial charge is 0.125 e. The molecule has 1 fully saturated rings. The molecule has 0 amide bonds. The molecule has 1 N–H and O–H groups in total. The quantitative estimate of drug-likeness (QED) is 0.895. The molecule has 1 aliphatic heterocycles. The zero-order valence-corrected chi connectivity index (χ0v) is 12.9. The van der Waals surface area contributed by atoms with Gasteiger partial charge < -0.3 is 10.1 Å². The Bertz CT molecular complexity index is 425. The van der Waals surface area contributed by atoms with Gasteiger partial charge in [0.05, 0.1) is 7.11 Å². The van der Waals surface area contributed by atoms with E-state index in [1.54, 1.807) is 7.11 Å². The number of piperidine rings is 1. The van der Waals surface area contributed by atoms with E-state index >= 15 is 0 Å². The van der Waals surface area contributed by atoms with E-state index < -0.39 is 0 Å². The van der Waals surface area contributed by atoms with E-state index in [2.05, 4.69) is 25.2 Å². The molecule has 2 nitrogen and oxygen atoms in total. The van der Waals surface area contributed by atoms with Crippen LogP contribution in [-0.4, -0.2) is 19.7 Å². The highest BCUT2D eigenvalue weighted by Gasteiger charge is 2.19. The summed E-state index contributed by atoms with van der Waals surface area (Å²) in [5, 5.41) is 4.40. The molecule has 1 atom stereocenters. The number of hydrogen-bond acceptors (Lipinski definition) is 2. The number of halogens is 1. The summed E-state index contributed by atoms with van der Waals surface area (Å²) < 4.78 is 5.65. The second-order valence-corrected chi connectivity index (χ2v) is 6.13. The number of nitrogens with one attached hydrogen (secondary N) is 1. The Morgan fingerprint density at radius 1 is 1.37 bits per heavy atom. The summed E-state index contributed by atoms with van der Waals surface area (Å²) in [7, 11) is 1.76. The Morgan fingerprint density at radius 3 is 2.74 bits per heavy atom. The molecule has 1 aromatic carbocycles. The molecule has 1 saturated heterocycles. The molecular weight excluding hydrogens is 258 g/mol. The molecule has 0 aliphatic carbocycles. The highest BCUT2D eigenvalue weighted by molar-refractivity contribution is 6.30. The number of hydrogen-bond donors (Lipinski definition) is 1. The van der Waals surface area contributed by atoms with Crippen molar-refractivity contribution in [2.75, 3.05) is 13.7 Å². The highest BCUT2D eigenvalue weighted by Crippen LogP contribution is 2.34. The van der Waals surface area contributed by atoms with E-state index in [4.69, 9.17) is 16.3 Å². The largest absolute Gasteiger partial charge is 0.496 e. The molecule has 1 aromatic rings. The fraction of sp³-hybridized carbons (Fsp3) is 0.625. The first-order valence-corrected chi connectivity index (χ1v) is 7.59. The number of ether oxygens (including phenoxy) is 1. The van der Waals surface area contributed by atoms with Crippen molar-refractivity contribution >= 4 is 11.6 Å². The van der Waals surface area contributed by atoms with Crippen LogP contribution in [-0.2, 0) is 6.42 Å². The van der Waals surface area contributed by atoms with E-state index in [0.717, 1.165) is 23.7 Å². The van der Waals surface area contributed by atoms with Gasteiger partial charge in [-0.1, -0.05) is 31.9 Å². The van der Waals surface area contributed by atoms with Crippen LogP contribution in [0, 0.1) is 0 Å². The lowest BCUT2D eigenvalue weighted by atomic mass is 9.93. The maximum Gasteiger partial charge on any atom is 0.125 e. The Balaban J connectivity index is 2.27. The van der Waals surface area contributed by atoms with Crippen molar-refractivity contribution in [1.82, 2.24) is 5.32 Å². The minimum atomic E-state index is 0.423. The predicted molar refractivity (Wildman–Crippen MR) is 81.4 cm³/mol. The van der Waals surface area contributed by atoms with Gasteiger partial charge in [0, 0.05) is 11.1 Å². The van der Waals surface area contributed by atoms with Crippen molar-refractivity contribution in [3.05, 3.63) is 28.3 Å². The van der Waals surface area contributed by atoms with Gasteiger partial charge in [-0.05, 0) is 55.0 Å². The van der Waals surface area contributed by atoms with Crippen LogP contribution >= 0.6 is 11.6 Å². The van der Waals surface area contributed by atoms with Crippen LogP contribution in [0.1, 0.15) is 50.2 Å². The summed E-state index contributed by atoms with van der Waals surface area (Å²) in [5.41, 5.74) is 2.44. The van der Waals surface area contributed by atoms with Gasteiger partial charge in [-0.25, -0.2) is 0 Å². The van der Waals surface area contributed by atoms with Gasteiger partial charge >= 0.3 is 0 Å². The Labute approximate surface area is 121 Å². The van der Waals surface area contributed by atoms with Crippen molar-refractivity contribution in [2.24, 2.45) is 0 Å². The molecule has 0 aromatic heterocycles. The third-order valence-electron chi connectivity index (χ3n) is 3.86. The monoisotopic (exact) mass is 281 g/mol. The van der Waals surface area contributed by atoms with Gasteiger partial charge in [-0.3, -0.25) is 0 Å². The van der Waals surface area contributed by atoms with E-state index in [-0.39, 0.29) is 0 Å². The molecule has 3 heteroatoms. The zero-order valence-electron chi connectivity index (χ0n) is 12.1. The fourth-order valence-corrected chi connectivity index (χ4v) is 3.12. The van der Waals surface area contributed by atoms with Gasteiger partial charge in [-0.15, -0.1) is 0 Å². The van der Waals surface area contributed by atoms with Crippen LogP contribution in [0.3, 0.4) is 0 Å². The Morgan fingerprint density at radius 2 is 2.16 bits per heavy atom. The van der Waals surface area contributed by atoms with Gasteiger partial charge in [0.15, 0.2) is 0 Å². The Kier molecular flexibility index (Phi) is 5.12. The summed E-state index contributed by atoms with van der Waals surface area (Å²) >= 11 is 6.26. The lowest BCUT2D eigenvalue weighted by molar-refractivity contribution is 0.378. The normalized spacial score (nSPS) is 19.7. The topological polar surface area (TPSA) is 21.3 Å². The maximum atomic E-state index is 6.26. The highest BCUT2D eigenvalue weighted by atomic mass is 35.5. The first kappa shape index (κ1) is 14.7. The van der Waals surface area contributed by atoms with Gasteiger partial charge in [-0.2, -0.15) is 0 Å². The van der Waals surface area contributed by atoms with Crippen molar-refractivity contribution < 1.29 is 4.74 Å². The average molecular weight is 282 g/mol. The molecule has 0 spiro atoms. The van der Waals surface area contributed by atoms with Gasteiger partial charge in [0.2, 0.25) is 0 Å². The molecule has 1 aliphatic rings. The molecule has 2 rings (SSSR count). The lowest BCUT2D eigenvalue weighted by Crippen LogP contribution is -2.35. The molecular formula is C16H24ClNO. The number of methoxy groups -OCH3 is 1. The minimum absolute atomic E-state index is 0.423. The van der Waals surface area contributed by atoms with Crippen molar-refractivity contribution in [2.45, 2.75) is 51.5 Å². The molecule has 106 valence electrons. The molecule has 0 saturated carbocycles. The van der Waals surface area contributed by atoms with Crippen molar-refractivity contribution in [1.29, 1.82) is 0 Å². The van der Waals surface area contributed by atoms with Crippen LogP contribution in [0.25, 0.3) is 0 Å². The second-order valence-electron chi connectivity index (χ2n) is 5.69. The maximum absolute atomic E-state index is 6.26. The van der Waals surface area contributed by atoms with E-state index in [0.29, 0.717) is 12.0 Å².